The molecule has 4 aromatic heterocycles. The van der Waals surface area contributed by atoms with Crippen LogP contribution >= 0.6 is 0 Å². The summed E-state index contributed by atoms with van der Waals surface area (Å²) < 4.78 is 19.3. The van der Waals surface area contributed by atoms with E-state index in [1.807, 2.05) is 44.4 Å². The molecule has 0 spiro atoms. The van der Waals surface area contributed by atoms with Gasteiger partial charge in [0.2, 0.25) is 0 Å². The molecule has 0 radical (unpaired) electrons. The fourth-order valence-electron chi connectivity index (χ4n) is 4.43. The highest BCUT2D eigenvalue weighted by molar-refractivity contribution is 6.01. The van der Waals surface area contributed by atoms with Gasteiger partial charge in [-0.1, -0.05) is 24.3 Å². The molecule has 0 atom stereocenters. The predicted octanol–water partition coefficient (Wildman–Crippen LogP) is 5.91. The number of nitrogens with one attached hydrogen (secondary N) is 2. The summed E-state index contributed by atoms with van der Waals surface area (Å²) in [6, 6.07) is 18.7. The molecule has 37 heavy (non-hydrogen) atoms. The second-order valence-corrected chi connectivity index (χ2v) is 9.21. The minimum absolute atomic E-state index is 0.251. The molecule has 184 valence electrons. The highest BCUT2D eigenvalue weighted by atomic mass is 19.1. The molecule has 7 nitrogen and oxygen atoms in total. The molecule has 8 heteroatoms. The highest BCUT2D eigenvalue weighted by Crippen LogP contribution is 2.35. The largest absolute Gasteiger partial charge is 0.491 e. The smallest absolute Gasteiger partial charge is 0.138 e. The van der Waals surface area contributed by atoms with Crippen LogP contribution < -0.4 is 4.74 Å². The van der Waals surface area contributed by atoms with Gasteiger partial charge in [0.1, 0.15) is 23.9 Å². The number of aromatic amines is 2. The molecule has 0 unspecified atom stereocenters. The summed E-state index contributed by atoms with van der Waals surface area (Å²) in [5.74, 6) is 0.455. The van der Waals surface area contributed by atoms with Gasteiger partial charge in [-0.15, -0.1) is 0 Å². The van der Waals surface area contributed by atoms with E-state index in [0.29, 0.717) is 12.4 Å². The molecule has 2 aromatic carbocycles. The first kappa shape index (κ1) is 22.9. The maximum absolute atomic E-state index is 13.5. The Balaban J connectivity index is 1.37. The summed E-state index contributed by atoms with van der Waals surface area (Å²) in [6.45, 7) is 1.40. The second-order valence-electron chi connectivity index (χ2n) is 9.21. The van der Waals surface area contributed by atoms with E-state index in [2.05, 4.69) is 36.1 Å². The number of nitrogens with zero attached hydrogens (tertiary/aromatic N) is 4. The molecule has 6 rings (SSSR count). The van der Waals surface area contributed by atoms with Crippen LogP contribution in [0.2, 0.25) is 0 Å². The van der Waals surface area contributed by atoms with E-state index in [4.69, 9.17) is 4.74 Å². The third-order valence-electron chi connectivity index (χ3n) is 6.34. The van der Waals surface area contributed by atoms with E-state index in [1.54, 1.807) is 30.7 Å². The molecule has 2 N–H and O–H groups in total. The second kappa shape index (κ2) is 9.48. The van der Waals surface area contributed by atoms with Crippen LogP contribution in [0.1, 0.15) is 0 Å². The van der Waals surface area contributed by atoms with Gasteiger partial charge in [-0.25, -0.2) is 4.39 Å². The molecule has 0 amide bonds. The van der Waals surface area contributed by atoms with E-state index >= 15 is 0 Å². The van der Waals surface area contributed by atoms with Crippen LogP contribution in [0, 0.1) is 5.82 Å². The highest BCUT2D eigenvalue weighted by Gasteiger charge is 2.15. The molecule has 0 aliphatic heterocycles. The lowest BCUT2D eigenvalue weighted by Gasteiger charge is -2.11. The number of ether oxygens (including phenoxy) is 1. The molecular weight excluding hydrogens is 467 g/mol. The van der Waals surface area contributed by atoms with Gasteiger partial charge in [0.15, 0.2) is 0 Å². The lowest BCUT2D eigenvalue weighted by atomic mass is 10.0. The average molecular weight is 493 g/mol. The Morgan fingerprint density at radius 3 is 2.59 bits per heavy atom. The van der Waals surface area contributed by atoms with Crippen LogP contribution in [0.15, 0.2) is 79.3 Å². The molecule has 6 aromatic rings. The number of H-pyrrole nitrogens is 2. The number of fused-ring (bicyclic) bond motifs is 2. The summed E-state index contributed by atoms with van der Waals surface area (Å²) in [6.07, 6.45) is 5.28. The fraction of sp³-hybridized carbons (Fsp3) is 0.138. The number of pyridine rings is 2. The van der Waals surface area contributed by atoms with Crippen molar-refractivity contribution in [2.75, 3.05) is 27.2 Å². The zero-order valence-electron chi connectivity index (χ0n) is 20.5. The number of hydrogen-bond donors (Lipinski definition) is 2. The van der Waals surface area contributed by atoms with Gasteiger partial charge in [-0.3, -0.25) is 15.1 Å². The Labute approximate surface area is 213 Å². The Hall–Kier alpha value is -4.56. The fourth-order valence-corrected chi connectivity index (χ4v) is 4.43. The van der Waals surface area contributed by atoms with Crippen LogP contribution in [0.4, 0.5) is 4.39 Å². The Morgan fingerprint density at radius 1 is 0.892 bits per heavy atom. The Kier molecular flexibility index (Phi) is 5.86. The van der Waals surface area contributed by atoms with Crippen molar-refractivity contribution in [1.29, 1.82) is 0 Å². The van der Waals surface area contributed by atoms with Gasteiger partial charge in [0, 0.05) is 34.6 Å². The van der Waals surface area contributed by atoms with Crippen molar-refractivity contribution >= 4 is 21.8 Å². The topological polar surface area (TPSA) is 82.7 Å². The van der Waals surface area contributed by atoms with E-state index in [9.17, 15) is 4.39 Å². The van der Waals surface area contributed by atoms with Crippen molar-refractivity contribution in [1.82, 2.24) is 30.0 Å². The number of halogens is 1. The molecule has 0 saturated heterocycles. The number of rotatable bonds is 7. The van der Waals surface area contributed by atoms with Crippen molar-refractivity contribution in [3.05, 3.63) is 85.1 Å². The van der Waals surface area contributed by atoms with Gasteiger partial charge in [-0.2, -0.15) is 5.10 Å². The maximum Gasteiger partial charge on any atom is 0.138 e. The third-order valence-corrected chi connectivity index (χ3v) is 6.34. The summed E-state index contributed by atoms with van der Waals surface area (Å²) in [4.78, 5) is 14.5. The number of benzene rings is 2. The van der Waals surface area contributed by atoms with Crippen molar-refractivity contribution in [3.8, 4) is 39.5 Å². The average Bonchev–Trinajstić information content (AvgIpc) is 3.53. The van der Waals surface area contributed by atoms with Crippen molar-refractivity contribution < 1.29 is 9.13 Å². The van der Waals surface area contributed by atoms with Gasteiger partial charge >= 0.3 is 0 Å². The van der Waals surface area contributed by atoms with Crippen LogP contribution in [0.3, 0.4) is 0 Å². The lowest BCUT2D eigenvalue weighted by molar-refractivity contribution is 0.261. The van der Waals surface area contributed by atoms with E-state index in [0.717, 1.165) is 62.1 Å². The molecule has 4 heterocycles. The molecule has 0 bridgehead atoms. The van der Waals surface area contributed by atoms with Crippen molar-refractivity contribution in [2.24, 2.45) is 0 Å². The van der Waals surface area contributed by atoms with Gasteiger partial charge in [0.05, 0.1) is 29.3 Å². The van der Waals surface area contributed by atoms with Crippen LogP contribution in [0.25, 0.3) is 55.6 Å². The van der Waals surface area contributed by atoms with E-state index in [-0.39, 0.29) is 5.82 Å². The molecule has 0 saturated carbocycles. The predicted molar refractivity (Wildman–Crippen MR) is 144 cm³/mol. The summed E-state index contributed by atoms with van der Waals surface area (Å²) in [7, 11) is 4.02. The minimum atomic E-state index is -0.251. The summed E-state index contributed by atoms with van der Waals surface area (Å²) >= 11 is 0. The maximum atomic E-state index is 13.5. The molecule has 0 aliphatic rings. The van der Waals surface area contributed by atoms with Crippen molar-refractivity contribution in [3.63, 3.8) is 0 Å². The van der Waals surface area contributed by atoms with Crippen molar-refractivity contribution in [2.45, 2.75) is 0 Å². The van der Waals surface area contributed by atoms with Crippen LogP contribution in [0.5, 0.6) is 5.75 Å². The number of likely N-dealkylation sites (N-methyl/N-ethyl adjacent to an activating group) is 1. The third kappa shape index (κ3) is 4.54. The van der Waals surface area contributed by atoms with Crippen LogP contribution in [-0.4, -0.2) is 57.3 Å². The standard InChI is InChI=1S/C29H25FN6O/c1-36(2)10-11-37-21-12-19(15-31-16-21)26-14-24-28(17-32-26)34-35-29(24)27-13-23-22(4-3-5-25(23)33-27)18-6-8-20(30)9-7-18/h3-9,12-17,33H,10-11H2,1-2H3,(H,34,35). The minimum Gasteiger partial charge on any atom is -0.491 e. The summed E-state index contributed by atoms with van der Waals surface area (Å²) in [5, 5.41) is 9.67. The first-order valence-electron chi connectivity index (χ1n) is 12.0. The monoisotopic (exact) mass is 492 g/mol. The van der Waals surface area contributed by atoms with Crippen LogP contribution in [-0.2, 0) is 0 Å². The van der Waals surface area contributed by atoms with Gasteiger partial charge < -0.3 is 14.6 Å². The number of aromatic nitrogens is 5. The first-order chi connectivity index (χ1) is 18.0. The zero-order valence-corrected chi connectivity index (χ0v) is 20.5. The normalized spacial score (nSPS) is 11.6. The quantitative estimate of drug-likeness (QED) is 0.289. The van der Waals surface area contributed by atoms with E-state index < -0.39 is 0 Å². The Bertz CT molecular complexity index is 1700. The molecular formula is C29H25FN6O. The Morgan fingerprint density at radius 2 is 1.76 bits per heavy atom. The summed E-state index contributed by atoms with van der Waals surface area (Å²) in [5.41, 5.74) is 7.13. The first-order valence-corrected chi connectivity index (χ1v) is 12.0. The molecule has 0 fully saturated rings. The molecule has 0 aliphatic carbocycles. The lowest BCUT2D eigenvalue weighted by Crippen LogP contribution is -2.19. The van der Waals surface area contributed by atoms with E-state index in [1.165, 1.54) is 12.1 Å². The number of hydrogen-bond acceptors (Lipinski definition) is 5. The van der Waals surface area contributed by atoms with Gasteiger partial charge in [-0.05, 0) is 61.6 Å². The zero-order chi connectivity index (χ0) is 25.4. The SMILES string of the molecule is CN(C)CCOc1cncc(-c2cc3c(-c4cc5c(-c6ccc(F)cc6)cccc5[nH]4)n[nH]c3cn2)c1. The van der Waals surface area contributed by atoms with Gasteiger partial charge in [0.25, 0.3) is 0 Å².